The van der Waals surface area contributed by atoms with Crippen molar-refractivity contribution in [1.82, 2.24) is 19.5 Å². The third kappa shape index (κ3) is 7.57. The number of unbranched alkanes of at least 4 members (excludes halogenated alkanes) is 2. The van der Waals surface area contributed by atoms with Crippen molar-refractivity contribution in [3.8, 4) is 5.75 Å². The standard InChI is InChI=1S/C30H43N5O4S2/c1-5-7-16-35(17-8-6-2)41(37,38)25-12-10-24(11-13-25)29(36)31-15-18-33-19-21-34(22-20-33)30-32-27-26(39-4)14-9-23(3)28(27)40-30/h9-14H,5-8,15-22H2,1-4H3,(H,31,36). The predicted molar refractivity (Wildman–Crippen MR) is 167 cm³/mol. The fourth-order valence-electron chi connectivity index (χ4n) is 4.94. The van der Waals surface area contributed by atoms with Crippen LogP contribution in [0.2, 0.25) is 0 Å². The van der Waals surface area contributed by atoms with E-state index in [2.05, 4.69) is 42.0 Å². The van der Waals surface area contributed by atoms with Crippen LogP contribution in [0.5, 0.6) is 5.75 Å². The number of ether oxygens (including phenoxy) is 1. The van der Waals surface area contributed by atoms with E-state index in [4.69, 9.17) is 9.72 Å². The number of fused-ring (bicyclic) bond motifs is 1. The number of nitrogens with zero attached hydrogens (tertiary/aromatic N) is 4. The minimum absolute atomic E-state index is 0.194. The number of hydrogen-bond donors (Lipinski definition) is 1. The molecule has 0 saturated carbocycles. The number of nitrogens with one attached hydrogen (secondary N) is 1. The summed E-state index contributed by atoms with van der Waals surface area (Å²) in [5.74, 6) is 0.611. The van der Waals surface area contributed by atoms with Crippen molar-refractivity contribution in [1.29, 1.82) is 0 Å². The molecular weight excluding hydrogens is 558 g/mol. The second-order valence-corrected chi connectivity index (χ2v) is 13.4. The maximum absolute atomic E-state index is 13.2. The quantitative estimate of drug-likeness (QED) is 0.285. The highest BCUT2D eigenvalue weighted by atomic mass is 32.2. The number of amides is 1. The fraction of sp³-hybridized carbons (Fsp3) is 0.533. The molecule has 41 heavy (non-hydrogen) atoms. The zero-order valence-corrected chi connectivity index (χ0v) is 26.3. The van der Waals surface area contributed by atoms with Crippen LogP contribution in [0.25, 0.3) is 10.2 Å². The summed E-state index contributed by atoms with van der Waals surface area (Å²) >= 11 is 1.71. The van der Waals surface area contributed by atoms with Gasteiger partial charge in [0.1, 0.15) is 11.3 Å². The van der Waals surface area contributed by atoms with Crippen molar-refractivity contribution < 1.29 is 17.9 Å². The summed E-state index contributed by atoms with van der Waals surface area (Å²) in [6.45, 7) is 12.1. The number of carbonyl (C=O) groups excluding carboxylic acids is 1. The molecule has 1 aliphatic heterocycles. The van der Waals surface area contributed by atoms with E-state index < -0.39 is 10.0 Å². The number of piperazine rings is 1. The van der Waals surface area contributed by atoms with Crippen molar-refractivity contribution in [2.75, 3.05) is 64.4 Å². The summed E-state index contributed by atoms with van der Waals surface area (Å²) in [6.07, 6.45) is 3.53. The molecule has 11 heteroatoms. The minimum atomic E-state index is -3.58. The molecule has 4 rings (SSSR count). The Hall–Kier alpha value is -2.73. The topological polar surface area (TPSA) is 95.1 Å². The van der Waals surface area contributed by atoms with Gasteiger partial charge in [-0.1, -0.05) is 44.1 Å². The molecule has 1 N–H and O–H groups in total. The smallest absolute Gasteiger partial charge is 0.251 e. The van der Waals surface area contributed by atoms with Crippen LogP contribution in [0.1, 0.15) is 55.5 Å². The van der Waals surface area contributed by atoms with Gasteiger partial charge in [-0.2, -0.15) is 4.31 Å². The molecule has 0 spiro atoms. The highest BCUT2D eigenvalue weighted by Crippen LogP contribution is 2.36. The van der Waals surface area contributed by atoms with E-state index in [9.17, 15) is 13.2 Å². The molecule has 1 amide bonds. The van der Waals surface area contributed by atoms with Crippen molar-refractivity contribution in [3.05, 3.63) is 47.5 Å². The summed E-state index contributed by atoms with van der Waals surface area (Å²) < 4.78 is 34.6. The first kappa shape index (κ1) is 31.2. The molecule has 0 unspecified atom stereocenters. The largest absolute Gasteiger partial charge is 0.494 e. The van der Waals surface area contributed by atoms with E-state index in [-0.39, 0.29) is 10.8 Å². The van der Waals surface area contributed by atoms with E-state index >= 15 is 0 Å². The first-order valence-corrected chi connectivity index (χ1v) is 16.8. The van der Waals surface area contributed by atoms with Crippen LogP contribution in [0, 0.1) is 6.92 Å². The fourth-order valence-corrected chi connectivity index (χ4v) is 7.56. The van der Waals surface area contributed by atoms with Gasteiger partial charge < -0.3 is 15.0 Å². The van der Waals surface area contributed by atoms with Gasteiger partial charge in [-0.15, -0.1) is 0 Å². The number of rotatable bonds is 14. The number of aryl methyl sites for hydroxylation is 1. The monoisotopic (exact) mass is 601 g/mol. The van der Waals surface area contributed by atoms with Gasteiger partial charge in [-0.05, 0) is 55.7 Å². The SMILES string of the molecule is CCCCN(CCCC)S(=O)(=O)c1ccc(C(=O)NCCN2CCN(c3nc4c(OC)ccc(C)c4s3)CC2)cc1. The van der Waals surface area contributed by atoms with E-state index in [0.717, 1.165) is 74.8 Å². The highest BCUT2D eigenvalue weighted by Gasteiger charge is 2.24. The lowest BCUT2D eigenvalue weighted by Crippen LogP contribution is -2.48. The Morgan fingerprint density at radius 2 is 1.68 bits per heavy atom. The molecule has 1 fully saturated rings. The van der Waals surface area contributed by atoms with Gasteiger partial charge in [-0.3, -0.25) is 9.69 Å². The van der Waals surface area contributed by atoms with Crippen LogP contribution in [-0.4, -0.2) is 88.0 Å². The lowest BCUT2D eigenvalue weighted by atomic mass is 10.2. The number of hydrogen-bond acceptors (Lipinski definition) is 8. The van der Waals surface area contributed by atoms with Gasteiger partial charge in [-0.25, -0.2) is 13.4 Å². The summed E-state index contributed by atoms with van der Waals surface area (Å²) in [7, 11) is -1.90. The molecule has 2 heterocycles. The van der Waals surface area contributed by atoms with Crippen LogP contribution >= 0.6 is 11.3 Å². The Morgan fingerprint density at radius 3 is 2.29 bits per heavy atom. The summed E-state index contributed by atoms with van der Waals surface area (Å²) in [5, 5.41) is 4.00. The second-order valence-electron chi connectivity index (χ2n) is 10.5. The Balaban J connectivity index is 1.26. The first-order valence-electron chi connectivity index (χ1n) is 14.6. The van der Waals surface area contributed by atoms with Crippen molar-refractivity contribution >= 4 is 42.6 Å². The summed E-state index contributed by atoms with van der Waals surface area (Å²) in [6, 6.07) is 10.4. The zero-order chi connectivity index (χ0) is 29.4. The van der Waals surface area contributed by atoms with E-state index in [1.165, 1.54) is 10.3 Å². The van der Waals surface area contributed by atoms with Crippen LogP contribution in [0.3, 0.4) is 0 Å². The molecule has 3 aromatic rings. The Morgan fingerprint density at radius 1 is 1.02 bits per heavy atom. The number of carbonyl (C=O) groups is 1. The molecule has 1 aromatic heterocycles. The van der Waals surface area contributed by atoms with Crippen LogP contribution in [0.4, 0.5) is 5.13 Å². The van der Waals surface area contributed by atoms with Crippen molar-refractivity contribution in [3.63, 3.8) is 0 Å². The van der Waals surface area contributed by atoms with Gasteiger partial charge >= 0.3 is 0 Å². The molecule has 0 atom stereocenters. The molecule has 0 radical (unpaired) electrons. The Bertz CT molecular complexity index is 1390. The highest BCUT2D eigenvalue weighted by molar-refractivity contribution is 7.89. The zero-order valence-electron chi connectivity index (χ0n) is 24.7. The minimum Gasteiger partial charge on any atom is -0.494 e. The molecule has 0 aliphatic carbocycles. The average molecular weight is 602 g/mol. The lowest BCUT2D eigenvalue weighted by Gasteiger charge is -2.34. The average Bonchev–Trinajstić information content (AvgIpc) is 3.44. The number of aromatic nitrogens is 1. The summed E-state index contributed by atoms with van der Waals surface area (Å²) in [4.78, 5) is 22.5. The molecule has 224 valence electrons. The van der Waals surface area contributed by atoms with Gasteiger partial charge in [0, 0.05) is 57.9 Å². The van der Waals surface area contributed by atoms with Gasteiger partial charge in [0.05, 0.1) is 16.7 Å². The predicted octanol–water partition coefficient (Wildman–Crippen LogP) is 4.76. The molecular formula is C30H43N5O4S2. The van der Waals surface area contributed by atoms with Gasteiger partial charge in [0.2, 0.25) is 10.0 Å². The maximum atomic E-state index is 13.2. The number of methoxy groups -OCH3 is 1. The number of anilines is 1. The molecule has 1 saturated heterocycles. The Kier molecular flexibility index (Phi) is 11.0. The molecule has 1 aliphatic rings. The van der Waals surface area contributed by atoms with E-state index in [0.29, 0.717) is 25.2 Å². The normalized spacial score (nSPS) is 14.6. The number of thiazole rings is 1. The lowest BCUT2D eigenvalue weighted by molar-refractivity contribution is 0.0947. The van der Waals surface area contributed by atoms with Crippen LogP contribution in [-0.2, 0) is 10.0 Å². The maximum Gasteiger partial charge on any atom is 0.251 e. The van der Waals surface area contributed by atoms with Gasteiger partial charge in [0.25, 0.3) is 5.91 Å². The second kappa shape index (κ2) is 14.4. The third-order valence-electron chi connectivity index (χ3n) is 7.54. The summed E-state index contributed by atoms with van der Waals surface area (Å²) in [5.41, 5.74) is 2.59. The molecule has 9 nitrogen and oxygen atoms in total. The van der Waals surface area contributed by atoms with Crippen molar-refractivity contribution in [2.24, 2.45) is 0 Å². The number of sulfonamides is 1. The molecule has 0 bridgehead atoms. The van der Waals surface area contributed by atoms with E-state index in [1.807, 2.05) is 6.07 Å². The Labute approximate surface area is 248 Å². The van der Waals surface area contributed by atoms with Crippen LogP contribution in [0.15, 0.2) is 41.3 Å². The molecule has 2 aromatic carbocycles. The first-order chi connectivity index (χ1) is 19.8. The third-order valence-corrected chi connectivity index (χ3v) is 10.7. The van der Waals surface area contributed by atoms with Crippen molar-refractivity contribution in [2.45, 2.75) is 51.3 Å². The number of benzene rings is 2. The van der Waals surface area contributed by atoms with E-state index in [1.54, 1.807) is 47.0 Å². The van der Waals surface area contributed by atoms with Gasteiger partial charge in [0.15, 0.2) is 5.13 Å². The van der Waals surface area contributed by atoms with Crippen LogP contribution < -0.4 is 15.0 Å².